The summed E-state index contributed by atoms with van der Waals surface area (Å²) in [4.78, 5) is 0. The predicted molar refractivity (Wildman–Crippen MR) is 80.4 cm³/mol. The summed E-state index contributed by atoms with van der Waals surface area (Å²) in [5.41, 5.74) is 1.76. The lowest BCUT2D eigenvalue weighted by Crippen LogP contribution is -2.36. The number of benzene rings is 1. The maximum absolute atomic E-state index is 13.2. The first-order valence-electron chi connectivity index (χ1n) is 7.23. The molecule has 0 aliphatic heterocycles. The van der Waals surface area contributed by atoms with Gasteiger partial charge in [-0.2, -0.15) is 0 Å². The highest BCUT2D eigenvalue weighted by molar-refractivity contribution is 5.82. The quantitative estimate of drug-likeness (QED) is 0.763. The van der Waals surface area contributed by atoms with Crippen LogP contribution in [0.1, 0.15) is 31.6 Å². The second-order valence-corrected chi connectivity index (χ2v) is 5.28. The molecular weight excluding hydrogens is 255 g/mol. The lowest BCUT2D eigenvalue weighted by molar-refractivity contribution is 0.454. The molecule has 1 aromatic heterocycles. The zero-order valence-corrected chi connectivity index (χ0v) is 12.4. The molecule has 0 fully saturated rings. The van der Waals surface area contributed by atoms with Gasteiger partial charge in [0.1, 0.15) is 17.2 Å². The molecule has 4 heteroatoms. The average Bonchev–Trinajstić information content (AvgIpc) is 2.74. The van der Waals surface area contributed by atoms with Crippen LogP contribution in [-0.2, 0) is 6.54 Å². The van der Waals surface area contributed by atoms with E-state index in [0.717, 1.165) is 41.8 Å². The SMILES string of the molecule is CCCNCC(C)NCc1oc2ccc(F)cc2c1C. The minimum absolute atomic E-state index is 0.224. The molecule has 20 heavy (non-hydrogen) atoms. The molecule has 2 rings (SSSR count). The molecule has 0 saturated carbocycles. The summed E-state index contributed by atoms with van der Waals surface area (Å²) in [6.07, 6.45) is 1.14. The van der Waals surface area contributed by atoms with Gasteiger partial charge in [0.25, 0.3) is 0 Å². The van der Waals surface area contributed by atoms with Crippen molar-refractivity contribution in [3.8, 4) is 0 Å². The Kier molecular flexibility index (Phi) is 5.15. The van der Waals surface area contributed by atoms with E-state index in [9.17, 15) is 4.39 Å². The van der Waals surface area contributed by atoms with Crippen LogP contribution in [0.5, 0.6) is 0 Å². The number of hydrogen-bond donors (Lipinski definition) is 2. The lowest BCUT2D eigenvalue weighted by atomic mass is 10.1. The third-order valence-corrected chi connectivity index (χ3v) is 3.49. The number of halogens is 1. The summed E-state index contributed by atoms with van der Waals surface area (Å²) in [5.74, 6) is 0.658. The molecule has 110 valence electrons. The third kappa shape index (κ3) is 3.58. The second-order valence-electron chi connectivity index (χ2n) is 5.28. The summed E-state index contributed by atoms with van der Waals surface area (Å²) in [7, 11) is 0. The zero-order chi connectivity index (χ0) is 14.5. The van der Waals surface area contributed by atoms with Crippen molar-refractivity contribution in [2.75, 3.05) is 13.1 Å². The van der Waals surface area contributed by atoms with Gasteiger partial charge in [-0.25, -0.2) is 4.39 Å². The molecule has 1 heterocycles. The Hall–Kier alpha value is -1.39. The van der Waals surface area contributed by atoms with Crippen LogP contribution >= 0.6 is 0 Å². The maximum Gasteiger partial charge on any atom is 0.134 e. The van der Waals surface area contributed by atoms with Gasteiger partial charge in [-0.1, -0.05) is 6.92 Å². The molecule has 0 radical (unpaired) electrons. The van der Waals surface area contributed by atoms with Gasteiger partial charge in [0.15, 0.2) is 0 Å². The summed E-state index contributed by atoms with van der Waals surface area (Å²) >= 11 is 0. The zero-order valence-electron chi connectivity index (χ0n) is 12.4. The first-order valence-corrected chi connectivity index (χ1v) is 7.23. The van der Waals surface area contributed by atoms with Gasteiger partial charge in [-0.05, 0) is 50.6 Å². The van der Waals surface area contributed by atoms with E-state index in [0.29, 0.717) is 12.6 Å². The molecule has 2 aromatic rings. The van der Waals surface area contributed by atoms with Crippen LogP contribution in [0.25, 0.3) is 11.0 Å². The number of aryl methyl sites for hydroxylation is 1. The molecule has 0 aliphatic rings. The predicted octanol–water partition coefficient (Wildman–Crippen LogP) is 3.36. The second kappa shape index (κ2) is 6.86. The van der Waals surface area contributed by atoms with E-state index in [1.165, 1.54) is 12.1 Å². The van der Waals surface area contributed by atoms with E-state index in [4.69, 9.17) is 4.42 Å². The fourth-order valence-corrected chi connectivity index (χ4v) is 2.25. The number of furan rings is 1. The summed E-state index contributed by atoms with van der Waals surface area (Å²) in [6, 6.07) is 5.02. The summed E-state index contributed by atoms with van der Waals surface area (Å²) in [6.45, 7) is 8.90. The van der Waals surface area contributed by atoms with E-state index in [-0.39, 0.29) is 5.82 Å². The Labute approximate surface area is 119 Å². The topological polar surface area (TPSA) is 37.2 Å². The van der Waals surface area contributed by atoms with E-state index in [1.807, 2.05) is 6.92 Å². The average molecular weight is 278 g/mol. The Balaban J connectivity index is 1.98. The molecule has 0 spiro atoms. The van der Waals surface area contributed by atoms with Crippen LogP contribution in [-0.4, -0.2) is 19.1 Å². The molecule has 0 aliphatic carbocycles. The third-order valence-electron chi connectivity index (χ3n) is 3.49. The van der Waals surface area contributed by atoms with Crippen molar-refractivity contribution in [3.63, 3.8) is 0 Å². The highest BCUT2D eigenvalue weighted by atomic mass is 19.1. The minimum atomic E-state index is -0.224. The normalized spacial score (nSPS) is 13.0. The minimum Gasteiger partial charge on any atom is -0.459 e. The fourth-order valence-electron chi connectivity index (χ4n) is 2.25. The first-order chi connectivity index (χ1) is 9.61. The van der Waals surface area contributed by atoms with Gasteiger partial charge < -0.3 is 15.1 Å². The molecule has 0 saturated heterocycles. The van der Waals surface area contributed by atoms with Crippen molar-refractivity contribution in [1.82, 2.24) is 10.6 Å². The maximum atomic E-state index is 13.2. The van der Waals surface area contributed by atoms with E-state index in [1.54, 1.807) is 6.07 Å². The van der Waals surface area contributed by atoms with Gasteiger partial charge in [0.05, 0.1) is 6.54 Å². The van der Waals surface area contributed by atoms with Crippen LogP contribution in [0.2, 0.25) is 0 Å². The Morgan fingerprint density at radius 2 is 2.15 bits per heavy atom. The van der Waals surface area contributed by atoms with Crippen molar-refractivity contribution < 1.29 is 8.81 Å². The number of rotatable bonds is 7. The molecular formula is C16H23FN2O. The van der Waals surface area contributed by atoms with Gasteiger partial charge in [-0.3, -0.25) is 0 Å². The Morgan fingerprint density at radius 3 is 2.90 bits per heavy atom. The Morgan fingerprint density at radius 1 is 1.35 bits per heavy atom. The van der Waals surface area contributed by atoms with E-state index in [2.05, 4.69) is 24.5 Å². The molecule has 0 amide bonds. The monoisotopic (exact) mass is 278 g/mol. The van der Waals surface area contributed by atoms with Crippen LogP contribution in [0.3, 0.4) is 0 Å². The Bertz CT molecular complexity index is 565. The van der Waals surface area contributed by atoms with Gasteiger partial charge in [-0.15, -0.1) is 0 Å². The number of fused-ring (bicyclic) bond motifs is 1. The largest absolute Gasteiger partial charge is 0.459 e. The van der Waals surface area contributed by atoms with Gasteiger partial charge in [0.2, 0.25) is 0 Å². The van der Waals surface area contributed by atoms with Gasteiger partial charge in [0, 0.05) is 18.0 Å². The van der Waals surface area contributed by atoms with Gasteiger partial charge >= 0.3 is 0 Å². The summed E-state index contributed by atoms with van der Waals surface area (Å²) < 4.78 is 19.0. The highest BCUT2D eigenvalue weighted by Crippen LogP contribution is 2.25. The van der Waals surface area contributed by atoms with Crippen molar-refractivity contribution in [2.45, 2.75) is 39.8 Å². The standard InChI is InChI=1S/C16H23FN2O/c1-4-7-18-9-11(2)19-10-16-12(3)14-8-13(17)5-6-15(14)20-16/h5-6,8,11,18-19H,4,7,9-10H2,1-3H3. The van der Waals surface area contributed by atoms with E-state index >= 15 is 0 Å². The molecule has 1 unspecified atom stereocenters. The molecule has 1 aromatic carbocycles. The van der Waals surface area contributed by atoms with Crippen LogP contribution in [0.4, 0.5) is 4.39 Å². The van der Waals surface area contributed by atoms with Crippen molar-refractivity contribution in [1.29, 1.82) is 0 Å². The molecule has 3 nitrogen and oxygen atoms in total. The molecule has 0 bridgehead atoms. The lowest BCUT2D eigenvalue weighted by Gasteiger charge is -2.13. The number of nitrogens with one attached hydrogen (secondary N) is 2. The van der Waals surface area contributed by atoms with Crippen molar-refractivity contribution in [2.24, 2.45) is 0 Å². The van der Waals surface area contributed by atoms with Crippen molar-refractivity contribution in [3.05, 3.63) is 35.3 Å². The smallest absolute Gasteiger partial charge is 0.134 e. The van der Waals surface area contributed by atoms with Crippen LogP contribution < -0.4 is 10.6 Å². The molecule has 2 N–H and O–H groups in total. The van der Waals surface area contributed by atoms with Crippen LogP contribution in [0, 0.1) is 12.7 Å². The number of hydrogen-bond acceptors (Lipinski definition) is 3. The van der Waals surface area contributed by atoms with Crippen LogP contribution in [0.15, 0.2) is 22.6 Å². The van der Waals surface area contributed by atoms with E-state index < -0.39 is 0 Å². The summed E-state index contributed by atoms with van der Waals surface area (Å²) in [5, 5.41) is 7.66. The van der Waals surface area contributed by atoms with Crippen molar-refractivity contribution >= 4 is 11.0 Å². The first kappa shape index (κ1) is 15.0. The molecule has 1 atom stereocenters. The highest BCUT2D eigenvalue weighted by Gasteiger charge is 2.11. The fraction of sp³-hybridized carbons (Fsp3) is 0.500.